The third-order valence-electron chi connectivity index (χ3n) is 4.76. The van der Waals surface area contributed by atoms with Gasteiger partial charge in [0.05, 0.1) is 25.8 Å². The summed E-state index contributed by atoms with van der Waals surface area (Å²) in [5, 5.41) is 6.14. The molecular weight excluding hydrogens is 370 g/mol. The number of nitrogens with one attached hydrogen (secondary N) is 1. The van der Waals surface area contributed by atoms with Crippen LogP contribution in [0.4, 0.5) is 0 Å². The molecule has 0 unspecified atom stereocenters. The number of rotatable bonds is 6. The number of aryl methyl sites for hydroxylation is 1. The highest BCUT2D eigenvalue weighted by Gasteiger charge is 2.19. The lowest BCUT2D eigenvalue weighted by atomic mass is 10.0. The van der Waals surface area contributed by atoms with E-state index in [1.807, 2.05) is 29.6 Å². The molecule has 1 N–H and O–H groups in total. The Morgan fingerprint density at radius 2 is 2.00 bits per heavy atom. The Balaban J connectivity index is 1.56. The molecule has 0 saturated heterocycles. The van der Waals surface area contributed by atoms with Crippen molar-refractivity contribution >= 4 is 28.2 Å². The second kappa shape index (κ2) is 7.90. The van der Waals surface area contributed by atoms with Crippen LogP contribution >= 0.6 is 11.3 Å². The lowest BCUT2D eigenvalue weighted by molar-refractivity contribution is -0.120. The number of methoxy groups -OCH3 is 1. The highest BCUT2D eigenvalue weighted by molar-refractivity contribution is 7.10. The second-order valence-electron chi connectivity index (χ2n) is 6.73. The topological polar surface area (TPSA) is 51.5 Å². The molecule has 0 radical (unpaired) electrons. The lowest BCUT2D eigenvalue weighted by Gasteiger charge is -2.18. The van der Waals surface area contributed by atoms with Crippen LogP contribution in [0.1, 0.15) is 27.6 Å². The molecule has 28 heavy (non-hydrogen) atoms. The number of thiophene rings is 1. The number of amides is 1. The van der Waals surface area contributed by atoms with Crippen LogP contribution in [0.25, 0.3) is 11.0 Å². The molecule has 0 bridgehead atoms. The van der Waals surface area contributed by atoms with Crippen molar-refractivity contribution < 1.29 is 13.9 Å². The molecule has 2 aromatic heterocycles. The second-order valence-corrected chi connectivity index (χ2v) is 7.71. The molecule has 0 aliphatic heterocycles. The molecule has 0 fully saturated rings. The minimum Gasteiger partial charge on any atom is -0.497 e. The van der Waals surface area contributed by atoms with Crippen molar-refractivity contribution in [2.45, 2.75) is 19.4 Å². The summed E-state index contributed by atoms with van der Waals surface area (Å²) in [6.07, 6.45) is 1.91. The minimum absolute atomic E-state index is 0.0440. The Hall–Kier alpha value is -3.05. The molecule has 0 spiro atoms. The van der Waals surface area contributed by atoms with Gasteiger partial charge in [-0.05, 0) is 36.1 Å². The monoisotopic (exact) mass is 391 g/mol. The van der Waals surface area contributed by atoms with Gasteiger partial charge in [-0.2, -0.15) is 0 Å². The molecule has 2 aromatic carbocycles. The van der Waals surface area contributed by atoms with Crippen LogP contribution in [-0.2, 0) is 11.2 Å². The van der Waals surface area contributed by atoms with Gasteiger partial charge in [0.2, 0.25) is 5.91 Å². The molecule has 5 heteroatoms. The summed E-state index contributed by atoms with van der Waals surface area (Å²) in [6, 6.07) is 17.8. The van der Waals surface area contributed by atoms with Crippen molar-refractivity contribution in [2.24, 2.45) is 0 Å². The first-order valence-corrected chi connectivity index (χ1v) is 9.95. The van der Waals surface area contributed by atoms with E-state index >= 15 is 0 Å². The predicted octanol–water partition coefficient (Wildman–Crippen LogP) is 5.26. The van der Waals surface area contributed by atoms with Crippen LogP contribution in [0, 0.1) is 6.92 Å². The molecule has 4 nitrogen and oxygen atoms in total. The first-order valence-electron chi connectivity index (χ1n) is 9.07. The largest absolute Gasteiger partial charge is 0.497 e. The number of fused-ring (bicyclic) bond motifs is 1. The molecule has 2 heterocycles. The Kier molecular flexibility index (Phi) is 5.17. The van der Waals surface area contributed by atoms with Crippen LogP contribution in [-0.4, -0.2) is 13.0 Å². The minimum atomic E-state index is -0.161. The van der Waals surface area contributed by atoms with Crippen LogP contribution in [0.2, 0.25) is 0 Å². The fourth-order valence-electron chi connectivity index (χ4n) is 3.25. The quantitative estimate of drug-likeness (QED) is 0.488. The van der Waals surface area contributed by atoms with Crippen molar-refractivity contribution in [1.82, 2.24) is 5.32 Å². The van der Waals surface area contributed by atoms with Gasteiger partial charge in [-0.1, -0.05) is 35.9 Å². The predicted molar refractivity (Wildman–Crippen MR) is 112 cm³/mol. The fourth-order valence-corrected chi connectivity index (χ4v) is 4.05. The number of carbonyl (C=O) groups excluding carboxylic acids is 1. The number of furan rings is 1. The Bertz CT molecular complexity index is 1080. The molecule has 1 amide bonds. The summed E-state index contributed by atoms with van der Waals surface area (Å²) in [4.78, 5) is 14.0. The average Bonchev–Trinajstić information content (AvgIpc) is 3.37. The fraction of sp³-hybridized carbons (Fsp3) is 0.174. The number of ether oxygens (including phenoxy) is 1. The van der Waals surface area contributed by atoms with Gasteiger partial charge in [-0.15, -0.1) is 11.3 Å². The van der Waals surface area contributed by atoms with E-state index in [-0.39, 0.29) is 18.4 Å². The van der Waals surface area contributed by atoms with Gasteiger partial charge in [0.1, 0.15) is 11.3 Å². The van der Waals surface area contributed by atoms with Crippen LogP contribution in [0.15, 0.2) is 70.7 Å². The van der Waals surface area contributed by atoms with Gasteiger partial charge >= 0.3 is 0 Å². The first kappa shape index (κ1) is 18.3. The highest BCUT2D eigenvalue weighted by Crippen LogP contribution is 2.28. The van der Waals surface area contributed by atoms with E-state index < -0.39 is 0 Å². The zero-order valence-corrected chi connectivity index (χ0v) is 16.6. The molecule has 0 aliphatic rings. The van der Waals surface area contributed by atoms with Crippen LogP contribution in [0.3, 0.4) is 0 Å². The maximum atomic E-state index is 12.9. The van der Waals surface area contributed by atoms with Crippen molar-refractivity contribution in [2.75, 3.05) is 7.11 Å². The third-order valence-corrected chi connectivity index (χ3v) is 5.69. The van der Waals surface area contributed by atoms with E-state index in [4.69, 9.17) is 9.15 Å². The van der Waals surface area contributed by atoms with E-state index in [0.717, 1.165) is 32.7 Å². The summed E-state index contributed by atoms with van der Waals surface area (Å²) in [6.45, 7) is 2.06. The van der Waals surface area contributed by atoms with Crippen molar-refractivity contribution in [1.29, 1.82) is 0 Å². The van der Waals surface area contributed by atoms with E-state index in [1.165, 1.54) is 5.56 Å². The normalized spacial score (nSPS) is 12.1. The molecule has 0 aliphatic carbocycles. The van der Waals surface area contributed by atoms with Gasteiger partial charge in [0.15, 0.2) is 0 Å². The van der Waals surface area contributed by atoms with E-state index in [9.17, 15) is 4.79 Å². The van der Waals surface area contributed by atoms with Crippen molar-refractivity contribution in [3.05, 3.63) is 87.8 Å². The van der Waals surface area contributed by atoms with Gasteiger partial charge < -0.3 is 14.5 Å². The number of hydrogen-bond donors (Lipinski definition) is 1. The molecule has 1 atom stereocenters. The van der Waals surface area contributed by atoms with E-state index in [0.29, 0.717) is 0 Å². The van der Waals surface area contributed by atoms with E-state index in [2.05, 4.69) is 42.6 Å². The van der Waals surface area contributed by atoms with Crippen molar-refractivity contribution in [3.8, 4) is 5.75 Å². The maximum Gasteiger partial charge on any atom is 0.225 e. The summed E-state index contributed by atoms with van der Waals surface area (Å²) in [5.41, 5.74) is 3.85. The number of carbonyl (C=O) groups is 1. The lowest BCUT2D eigenvalue weighted by Crippen LogP contribution is -2.30. The Morgan fingerprint density at radius 3 is 2.71 bits per heavy atom. The summed E-state index contributed by atoms with van der Waals surface area (Å²) in [5.74, 6) is 0.687. The smallest absolute Gasteiger partial charge is 0.225 e. The molecule has 4 aromatic rings. The van der Waals surface area contributed by atoms with Gasteiger partial charge in [-0.3, -0.25) is 4.79 Å². The maximum absolute atomic E-state index is 12.9. The first-order chi connectivity index (χ1) is 13.6. The van der Waals surface area contributed by atoms with Crippen molar-refractivity contribution in [3.63, 3.8) is 0 Å². The average molecular weight is 391 g/mol. The third kappa shape index (κ3) is 3.80. The zero-order chi connectivity index (χ0) is 19.5. The van der Waals surface area contributed by atoms with Gasteiger partial charge in [0.25, 0.3) is 0 Å². The molecule has 0 saturated carbocycles. The Labute approximate surface area is 167 Å². The SMILES string of the molecule is COc1ccc2c(CC(=O)N[C@H](c3ccc(C)cc3)c3cccs3)coc2c1. The summed E-state index contributed by atoms with van der Waals surface area (Å²) in [7, 11) is 1.62. The van der Waals surface area contributed by atoms with Crippen LogP contribution < -0.4 is 10.1 Å². The van der Waals surface area contributed by atoms with Gasteiger partial charge in [-0.25, -0.2) is 0 Å². The standard InChI is InChI=1S/C23H21NO3S/c1-15-5-7-16(8-6-15)23(21-4-3-11-28-21)24-22(25)12-17-14-27-20-13-18(26-2)9-10-19(17)20/h3-11,13-14,23H,12H2,1-2H3,(H,24,25)/t23-/m1/s1. The molecular formula is C23H21NO3S. The van der Waals surface area contributed by atoms with E-state index in [1.54, 1.807) is 24.7 Å². The molecule has 142 valence electrons. The summed E-state index contributed by atoms with van der Waals surface area (Å²) >= 11 is 1.64. The Morgan fingerprint density at radius 1 is 1.18 bits per heavy atom. The zero-order valence-electron chi connectivity index (χ0n) is 15.8. The van der Waals surface area contributed by atoms with Crippen LogP contribution in [0.5, 0.6) is 5.75 Å². The number of hydrogen-bond acceptors (Lipinski definition) is 4. The highest BCUT2D eigenvalue weighted by atomic mass is 32.1. The number of benzene rings is 2. The molecule has 4 rings (SSSR count). The van der Waals surface area contributed by atoms with Gasteiger partial charge in [0, 0.05) is 21.9 Å². The summed E-state index contributed by atoms with van der Waals surface area (Å²) < 4.78 is 10.8.